The van der Waals surface area contributed by atoms with E-state index in [0.717, 1.165) is 6.92 Å². The second-order valence-electron chi connectivity index (χ2n) is 12.2. The maximum absolute atomic E-state index is 12.3. The number of aliphatic hydroxyl groups is 12. The molecule has 20 atom stereocenters. The zero-order valence-corrected chi connectivity index (χ0v) is 26.0. The van der Waals surface area contributed by atoms with Crippen molar-refractivity contribution in [2.75, 3.05) is 26.4 Å². The molecule has 0 aliphatic carbocycles. The van der Waals surface area contributed by atoms with E-state index in [2.05, 4.69) is 5.32 Å². The van der Waals surface area contributed by atoms with Gasteiger partial charge in [-0.15, -0.1) is 0 Å². The Labute approximate surface area is 273 Å². The summed E-state index contributed by atoms with van der Waals surface area (Å²) in [5.74, 6) is -0.745. The molecule has 0 radical (unpaired) electrons. The Bertz CT molecular complexity index is 1030. The van der Waals surface area contributed by atoms with Crippen LogP contribution in [-0.4, -0.2) is 216 Å². The number of ether oxygens (including phenoxy) is 7. The molecule has 4 rings (SSSR count). The molecule has 4 heterocycles. The van der Waals surface area contributed by atoms with Crippen LogP contribution in [0.5, 0.6) is 0 Å². The highest BCUT2D eigenvalue weighted by molar-refractivity contribution is 5.73. The quantitative estimate of drug-likeness (QED) is 0.0949. The highest BCUT2D eigenvalue weighted by Gasteiger charge is 2.55. The number of aliphatic hydroxyl groups excluding tert-OH is 12. The fourth-order valence-corrected chi connectivity index (χ4v) is 6.15. The highest BCUT2D eigenvalue weighted by atomic mass is 16.8. The molecule has 21 nitrogen and oxygen atoms in total. The monoisotopic (exact) mass is 705 g/mol. The molecule has 8 unspecified atom stereocenters. The lowest BCUT2D eigenvalue weighted by molar-refractivity contribution is -0.375. The van der Waals surface area contributed by atoms with Gasteiger partial charge in [0.15, 0.2) is 18.9 Å². The first-order valence-corrected chi connectivity index (χ1v) is 15.4. The van der Waals surface area contributed by atoms with E-state index in [1.54, 1.807) is 0 Å². The largest absolute Gasteiger partial charge is 0.394 e. The molecule has 13 N–H and O–H groups in total. The lowest BCUT2D eigenvalue weighted by Crippen LogP contribution is -2.70. The Balaban J connectivity index is 1.61. The molecule has 0 bridgehead atoms. The average molecular weight is 706 g/mol. The van der Waals surface area contributed by atoms with Crippen molar-refractivity contribution in [2.24, 2.45) is 0 Å². The van der Waals surface area contributed by atoms with Gasteiger partial charge >= 0.3 is 0 Å². The number of nitrogens with one attached hydrogen (secondary N) is 1. The van der Waals surface area contributed by atoms with Crippen LogP contribution < -0.4 is 5.32 Å². The van der Waals surface area contributed by atoms with Crippen molar-refractivity contribution in [2.45, 2.75) is 136 Å². The van der Waals surface area contributed by atoms with E-state index < -0.39 is 155 Å². The maximum atomic E-state index is 12.3. The molecule has 1 amide bonds. The van der Waals surface area contributed by atoms with E-state index in [9.17, 15) is 66.1 Å². The van der Waals surface area contributed by atoms with Crippen LogP contribution in [0.1, 0.15) is 13.8 Å². The van der Waals surface area contributed by atoms with Gasteiger partial charge in [0.2, 0.25) is 5.91 Å². The third kappa shape index (κ3) is 8.10. The van der Waals surface area contributed by atoms with Crippen LogP contribution in [-0.2, 0) is 38.0 Å². The second kappa shape index (κ2) is 16.8. The third-order valence-electron chi connectivity index (χ3n) is 8.87. The molecule has 0 spiro atoms. The minimum atomic E-state index is -1.98. The zero-order valence-electron chi connectivity index (χ0n) is 26.0. The summed E-state index contributed by atoms with van der Waals surface area (Å²) in [5, 5.41) is 127. The maximum Gasteiger partial charge on any atom is 0.217 e. The average Bonchev–Trinajstić information content (AvgIpc) is 3.06. The smallest absolute Gasteiger partial charge is 0.217 e. The summed E-state index contributed by atoms with van der Waals surface area (Å²) in [7, 11) is 0. The number of hydrogen-bond donors (Lipinski definition) is 13. The van der Waals surface area contributed by atoms with Gasteiger partial charge in [-0.2, -0.15) is 0 Å². The Morgan fingerprint density at radius 3 is 1.52 bits per heavy atom. The van der Waals surface area contributed by atoms with Crippen molar-refractivity contribution in [3.05, 3.63) is 0 Å². The number of hydrogen-bond acceptors (Lipinski definition) is 20. The summed E-state index contributed by atoms with van der Waals surface area (Å²) in [5.41, 5.74) is 0. The molecule has 280 valence electrons. The van der Waals surface area contributed by atoms with Crippen LogP contribution >= 0.6 is 0 Å². The molecular formula is C27H47NO20. The number of carbonyl (C=O) groups is 1. The van der Waals surface area contributed by atoms with Gasteiger partial charge in [0, 0.05) is 6.92 Å². The second-order valence-corrected chi connectivity index (χ2v) is 12.2. The Morgan fingerprint density at radius 1 is 0.521 bits per heavy atom. The first-order chi connectivity index (χ1) is 22.7. The van der Waals surface area contributed by atoms with Crippen molar-refractivity contribution in [1.29, 1.82) is 0 Å². The van der Waals surface area contributed by atoms with E-state index in [-0.39, 0.29) is 0 Å². The van der Waals surface area contributed by atoms with Gasteiger partial charge < -0.3 is 99.8 Å². The first kappa shape index (κ1) is 39.5. The summed E-state index contributed by atoms with van der Waals surface area (Å²) in [6.45, 7) is -0.709. The molecule has 0 aromatic rings. The summed E-state index contributed by atoms with van der Waals surface area (Å²) < 4.78 is 39.4. The van der Waals surface area contributed by atoms with E-state index >= 15 is 0 Å². The van der Waals surface area contributed by atoms with E-state index in [4.69, 9.17) is 33.2 Å². The van der Waals surface area contributed by atoms with Crippen LogP contribution in [0.25, 0.3) is 0 Å². The van der Waals surface area contributed by atoms with E-state index in [1.807, 2.05) is 0 Å². The van der Waals surface area contributed by atoms with Crippen molar-refractivity contribution >= 4 is 5.91 Å². The molecule has 21 heteroatoms. The van der Waals surface area contributed by atoms with E-state index in [1.165, 1.54) is 6.92 Å². The van der Waals surface area contributed by atoms with Gasteiger partial charge in [-0.05, 0) is 6.92 Å². The predicted octanol–water partition coefficient (Wildman–Crippen LogP) is -8.53. The van der Waals surface area contributed by atoms with Gasteiger partial charge in [-0.25, -0.2) is 0 Å². The Morgan fingerprint density at radius 2 is 0.979 bits per heavy atom. The van der Waals surface area contributed by atoms with Crippen molar-refractivity contribution in [1.82, 2.24) is 5.32 Å². The van der Waals surface area contributed by atoms with Gasteiger partial charge in [0.05, 0.1) is 32.5 Å². The molecule has 0 aromatic heterocycles. The van der Waals surface area contributed by atoms with Crippen LogP contribution in [0, 0.1) is 0 Å². The third-order valence-corrected chi connectivity index (χ3v) is 8.87. The summed E-state index contributed by atoms with van der Waals surface area (Å²) in [6, 6.07) is -1.58. The minimum Gasteiger partial charge on any atom is -0.394 e. The van der Waals surface area contributed by atoms with Gasteiger partial charge in [-0.1, -0.05) is 0 Å². The normalized spacial score (nSPS) is 50.2. The Hall–Kier alpha value is -1.29. The molecule has 4 aliphatic rings. The summed E-state index contributed by atoms with van der Waals surface area (Å²) in [4.78, 5) is 12.3. The van der Waals surface area contributed by atoms with Crippen LogP contribution in [0.4, 0.5) is 0 Å². The summed E-state index contributed by atoms with van der Waals surface area (Å²) in [6.07, 6.45) is -31.2. The lowest BCUT2D eigenvalue weighted by atomic mass is 9.94. The molecule has 48 heavy (non-hydrogen) atoms. The van der Waals surface area contributed by atoms with Crippen molar-refractivity contribution in [3.8, 4) is 0 Å². The van der Waals surface area contributed by atoms with Crippen LogP contribution in [0.2, 0.25) is 0 Å². The molecule has 4 aliphatic heterocycles. The summed E-state index contributed by atoms with van der Waals surface area (Å²) >= 11 is 0. The highest BCUT2D eigenvalue weighted by Crippen LogP contribution is 2.34. The Kier molecular flexibility index (Phi) is 13.8. The zero-order chi connectivity index (χ0) is 35.6. The van der Waals surface area contributed by atoms with E-state index in [0.29, 0.717) is 0 Å². The number of amides is 1. The number of rotatable bonds is 11. The van der Waals surface area contributed by atoms with Gasteiger partial charge in [0.1, 0.15) is 97.6 Å². The lowest BCUT2D eigenvalue weighted by Gasteiger charge is -2.50. The topological polar surface area (TPSA) is 336 Å². The van der Waals surface area contributed by atoms with Gasteiger partial charge in [0.25, 0.3) is 0 Å². The van der Waals surface area contributed by atoms with Crippen LogP contribution in [0.3, 0.4) is 0 Å². The molecule has 4 saturated heterocycles. The SMILES string of the molecule is CC(=O)NC1[C@H](O[C@@H]2C(O)[C@@H](O[C@H]3C(CO)O[C@@H](C)C(O)[C@H]3O)OC(CO)[C@@H]2O)OC(CO)[C@H](O)[C@@H]1O[C@@H]1OC(CO)[C@H](O)[C@H](O)C1O. The van der Waals surface area contributed by atoms with Crippen molar-refractivity contribution < 1.29 is 99.2 Å². The standard InChI is InChI=1S/C27H47NO20/c1-7-14(34)19(39)22(12(6-32)42-7)46-27-21(41)24(17(37)11(5-31)45-27)48-25-13(28-8(2)33)23(16(36)10(4-30)43-25)47-26-20(40)18(38)15(35)9(3-29)44-26/h7,9-27,29-32,34-41H,3-6H2,1-2H3,(H,28,33)/t7-,9?,10?,11?,12?,13?,14?,15-,16-,17-,18-,19+,20?,21?,22-,23+,24-,25-,26-,27+/m0/s1. The predicted molar refractivity (Wildman–Crippen MR) is 149 cm³/mol. The van der Waals surface area contributed by atoms with Crippen LogP contribution in [0.15, 0.2) is 0 Å². The first-order valence-electron chi connectivity index (χ1n) is 15.4. The molecular weight excluding hydrogens is 658 g/mol. The fourth-order valence-electron chi connectivity index (χ4n) is 6.15. The molecule has 0 aromatic carbocycles. The van der Waals surface area contributed by atoms with Gasteiger partial charge in [-0.3, -0.25) is 4.79 Å². The molecule has 4 fully saturated rings. The van der Waals surface area contributed by atoms with Crippen molar-refractivity contribution in [3.63, 3.8) is 0 Å². The fraction of sp³-hybridized carbons (Fsp3) is 0.963. The number of carbonyl (C=O) groups excluding carboxylic acids is 1. The minimum absolute atomic E-state index is 0.678. The molecule has 0 saturated carbocycles.